The summed E-state index contributed by atoms with van der Waals surface area (Å²) in [6, 6.07) is 20.3. The Hall–Kier alpha value is -2.64. The minimum absolute atomic E-state index is 0.0555. The quantitative estimate of drug-likeness (QED) is 0.892. The summed E-state index contributed by atoms with van der Waals surface area (Å²) in [4.78, 5) is 14.9. The van der Waals surface area contributed by atoms with Crippen LogP contribution in [0.1, 0.15) is 54.8 Å². The zero-order chi connectivity index (χ0) is 18.9. The van der Waals surface area contributed by atoms with Gasteiger partial charge in [0.1, 0.15) is 0 Å². The molecule has 1 saturated heterocycles. The first kappa shape index (κ1) is 19.1. The monoisotopic (exact) mass is 361 g/mol. The molecule has 0 aliphatic carbocycles. The normalized spacial score (nSPS) is 19.5. The second-order valence-corrected chi connectivity index (χ2v) is 7.17. The fourth-order valence-electron chi connectivity index (χ4n) is 3.67. The number of amides is 1. The standard InChI is InChI=1S/C23H27N3O/c24-17-19-10-12-20(13-11-19)18-26-15-7-2-1-6-14-25-23(27)16-22(26)21-8-4-3-5-9-21/h3-5,8-13,22H,1-2,6-7,14-16,18H2,(H,25,27). The SMILES string of the molecule is N#Cc1ccc(CN2CCCCCCNC(=O)CC2c2ccccc2)cc1. The van der Waals surface area contributed by atoms with Gasteiger partial charge in [0.25, 0.3) is 0 Å². The molecule has 0 aromatic heterocycles. The minimum atomic E-state index is 0.0555. The Kier molecular flexibility index (Phi) is 7.01. The molecular weight excluding hydrogens is 334 g/mol. The Morgan fingerprint density at radius 3 is 2.48 bits per heavy atom. The summed E-state index contributed by atoms with van der Waals surface area (Å²) in [6.07, 6.45) is 4.99. The van der Waals surface area contributed by atoms with Crippen molar-refractivity contribution in [3.8, 4) is 6.07 Å². The Labute approximate surface area is 161 Å². The molecule has 1 heterocycles. The fourth-order valence-corrected chi connectivity index (χ4v) is 3.67. The molecule has 1 atom stereocenters. The highest BCUT2D eigenvalue weighted by Gasteiger charge is 2.23. The van der Waals surface area contributed by atoms with Crippen LogP contribution in [0.2, 0.25) is 0 Å². The van der Waals surface area contributed by atoms with Crippen molar-refractivity contribution in [2.75, 3.05) is 13.1 Å². The van der Waals surface area contributed by atoms with Crippen LogP contribution in [0, 0.1) is 11.3 Å². The second-order valence-electron chi connectivity index (χ2n) is 7.17. The Morgan fingerprint density at radius 1 is 1.00 bits per heavy atom. The molecule has 1 aliphatic rings. The van der Waals surface area contributed by atoms with Gasteiger partial charge in [-0.05, 0) is 42.6 Å². The molecule has 2 aromatic rings. The summed E-state index contributed by atoms with van der Waals surface area (Å²) in [5, 5.41) is 12.1. The van der Waals surface area contributed by atoms with E-state index in [0.717, 1.165) is 38.9 Å². The zero-order valence-corrected chi connectivity index (χ0v) is 15.7. The van der Waals surface area contributed by atoms with Crippen LogP contribution in [0.3, 0.4) is 0 Å². The summed E-state index contributed by atoms with van der Waals surface area (Å²) < 4.78 is 0. The topological polar surface area (TPSA) is 56.1 Å². The lowest BCUT2D eigenvalue weighted by Crippen LogP contribution is -2.34. The van der Waals surface area contributed by atoms with Crippen LogP contribution in [-0.2, 0) is 11.3 Å². The molecule has 0 radical (unpaired) electrons. The van der Waals surface area contributed by atoms with E-state index in [1.54, 1.807) is 0 Å². The van der Waals surface area contributed by atoms with Gasteiger partial charge in [-0.3, -0.25) is 9.69 Å². The fraction of sp³-hybridized carbons (Fsp3) is 0.391. The van der Waals surface area contributed by atoms with E-state index < -0.39 is 0 Å². The van der Waals surface area contributed by atoms with Crippen LogP contribution < -0.4 is 5.32 Å². The third-order valence-corrected chi connectivity index (χ3v) is 5.17. The molecule has 3 rings (SSSR count). The molecule has 4 heteroatoms. The smallest absolute Gasteiger partial charge is 0.221 e. The number of carbonyl (C=O) groups is 1. The van der Waals surface area contributed by atoms with Crippen LogP contribution in [0.15, 0.2) is 54.6 Å². The average molecular weight is 361 g/mol. The maximum atomic E-state index is 12.5. The zero-order valence-electron chi connectivity index (χ0n) is 15.7. The lowest BCUT2D eigenvalue weighted by Gasteiger charge is -2.32. The van der Waals surface area contributed by atoms with Crippen molar-refractivity contribution in [1.29, 1.82) is 5.26 Å². The molecule has 1 fully saturated rings. The first-order chi connectivity index (χ1) is 13.3. The van der Waals surface area contributed by atoms with E-state index in [0.29, 0.717) is 12.0 Å². The highest BCUT2D eigenvalue weighted by molar-refractivity contribution is 5.76. The molecule has 27 heavy (non-hydrogen) atoms. The van der Waals surface area contributed by atoms with Crippen LogP contribution in [0.5, 0.6) is 0 Å². The van der Waals surface area contributed by atoms with Crippen LogP contribution in [0.4, 0.5) is 0 Å². The van der Waals surface area contributed by atoms with E-state index >= 15 is 0 Å². The van der Waals surface area contributed by atoms with Gasteiger partial charge in [-0.25, -0.2) is 0 Å². The average Bonchev–Trinajstić information content (AvgIpc) is 2.75. The minimum Gasteiger partial charge on any atom is -0.356 e. The number of nitrogens with zero attached hydrogens (tertiary/aromatic N) is 2. The van der Waals surface area contributed by atoms with Gasteiger partial charge < -0.3 is 5.32 Å². The van der Waals surface area contributed by atoms with Crippen LogP contribution in [0.25, 0.3) is 0 Å². The molecule has 0 saturated carbocycles. The molecule has 1 aliphatic heterocycles. The maximum absolute atomic E-state index is 12.5. The van der Waals surface area contributed by atoms with Gasteiger partial charge in [0.05, 0.1) is 11.6 Å². The lowest BCUT2D eigenvalue weighted by atomic mass is 10.00. The number of rotatable bonds is 3. The number of hydrogen-bond acceptors (Lipinski definition) is 3. The van der Waals surface area contributed by atoms with Crippen molar-refractivity contribution in [3.63, 3.8) is 0 Å². The van der Waals surface area contributed by atoms with Crippen LogP contribution >= 0.6 is 0 Å². The van der Waals surface area contributed by atoms with Gasteiger partial charge in [0.2, 0.25) is 5.91 Å². The summed E-state index contributed by atoms with van der Waals surface area (Å²) >= 11 is 0. The maximum Gasteiger partial charge on any atom is 0.221 e. The Balaban J connectivity index is 1.86. The number of nitrogens with one attached hydrogen (secondary N) is 1. The van der Waals surface area contributed by atoms with E-state index in [9.17, 15) is 4.79 Å². The molecule has 0 bridgehead atoms. The van der Waals surface area contributed by atoms with Crippen molar-refractivity contribution in [3.05, 3.63) is 71.3 Å². The van der Waals surface area contributed by atoms with Crippen molar-refractivity contribution in [2.45, 2.75) is 44.7 Å². The number of carbonyl (C=O) groups excluding carboxylic acids is 1. The number of nitriles is 1. The molecule has 1 amide bonds. The van der Waals surface area contributed by atoms with Gasteiger partial charge in [0, 0.05) is 25.6 Å². The predicted molar refractivity (Wildman–Crippen MR) is 107 cm³/mol. The summed E-state index contributed by atoms with van der Waals surface area (Å²) in [5.74, 6) is 0.121. The van der Waals surface area contributed by atoms with E-state index in [-0.39, 0.29) is 11.9 Å². The molecule has 0 spiro atoms. The highest BCUT2D eigenvalue weighted by atomic mass is 16.1. The first-order valence-electron chi connectivity index (χ1n) is 9.81. The van der Waals surface area contributed by atoms with Gasteiger partial charge in [0.15, 0.2) is 0 Å². The molecule has 140 valence electrons. The van der Waals surface area contributed by atoms with Gasteiger partial charge >= 0.3 is 0 Å². The molecule has 1 unspecified atom stereocenters. The van der Waals surface area contributed by atoms with Crippen molar-refractivity contribution in [2.24, 2.45) is 0 Å². The van der Waals surface area contributed by atoms with Crippen molar-refractivity contribution in [1.82, 2.24) is 10.2 Å². The van der Waals surface area contributed by atoms with Gasteiger partial charge in [-0.15, -0.1) is 0 Å². The Morgan fingerprint density at radius 2 is 1.74 bits per heavy atom. The van der Waals surface area contributed by atoms with E-state index in [4.69, 9.17) is 5.26 Å². The third-order valence-electron chi connectivity index (χ3n) is 5.17. The van der Waals surface area contributed by atoms with E-state index in [1.807, 2.05) is 42.5 Å². The highest BCUT2D eigenvalue weighted by Crippen LogP contribution is 2.27. The lowest BCUT2D eigenvalue weighted by molar-refractivity contribution is -0.122. The van der Waals surface area contributed by atoms with Crippen LogP contribution in [-0.4, -0.2) is 23.9 Å². The van der Waals surface area contributed by atoms with Gasteiger partial charge in [-0.1, -0.05) is 55.3 Å². The number of benzene rings is 2. The predicted octanol–water partition coefficient (Wildman–Crippen LogP) is 4.18. The van der Waals surface area contributed by atoms with Crippen molar-refractivity contribution < 1.29 is 4.79 Å². The molecule has 1 N–H and O–H groups in total. The van der Waals surface area contributed by atoms with Crippen molar-refractivity contribution >= 4 is 5.91 Å². The molecule has 2 aromatic carbocycles. The molecule has 4 nitrogen and oxygen atoms in total. The number of hydrogen-bond donors (Lipinski definition) is 1. The second kappa shape index (κ2) is 9.89. The van der Waals surface area contributed by atoms with Gasteiger partial charge in [-0.2, -0.15) is 5.26 Å². The van der Waals surface area contributed by atoms with E-state index in [1.165, 1.54) is 17.5 Å². The summed E-state index contributed by atoms with van der Waals surface area (Å²) in [7, 11) is 0. The largest absolute Gasteiger partial charge is 0.356 e. The van der Waals surface area contributed by atoms with E-state index in [2.05, 4.69) is 28.4 Å². The Bertz CT molecular complexity index is 764. The third kappa shape index (κ3) is 5.67. The first-order valence-corrected chi connectivity index (χ1v) is 9.81. The summed E-state index contributed by atoms with van der Waals surface area (Å²) in [5.41, 5.74) is 3.03. The molecular formula is C23H27N3O. The summed E-state index contributed by atoms with van der Waals surface area (Å²) in [6.45, 7) is 2.52.